The maximum atomic E-state index is 12.0. The molecule has 0 atom stereocenters. The van der Waals surface area contributed by atoms with E-state index in [1.165, 1.54) is 0 Å². The molecule has 1 saturated heterocycles. The number of piperazine rings is 1. The Morgan fingerprint density at radius 1 is 1.26 bits per heavy atom. The molecule has 0 spiro atoms. The maximum Gasteiger partial charge on any atom is 0.235 e. The number of hydrogen-bond acceptors (Lipinski definition) is 5. The third-order valence-corrected chi connectivity index (χ3v) is 4.66. The second-order valence-corrected chi connectivity index (χ2v) is 6.76. The fourth-order valence-electron chi connectivity index (χ4n) is 2.96. The minimum absolute atomic E-state index is 0.182. The van der Waals surface area contributed by atoms with Gasteiger partial charge in [-0.25, -0.2) is 0 Å². The molecule has 0 radical (unpaired) electrons. The minimum Gasteiger partial charge on any atom is -0.420 e. The van der Waals surface area contributed by atoms with E-state index in [0.29, 0.717) is 49.4 Å². The molecule has 2 heterocycles. The summed E-state index contributed by atoms with van der Waals surface area (Å²) in [6, 6.07) is 9.49. The molecule has 1 aliphatic rings. The number of nitriles is 1. The van der Waals surface area contributed by atoms with E-state index < -0.39 is 0 Å². The first-order chi connectivity index (χ1) is 13.1. The molecular formula is C20H21ClN4O2. The zero-order valence-electron chi connectivity index (χ0n) is 15.2. The van der Waals surface area contributed by atoms with Crippen molar-refractivity contribution in [3.05, 3.63) is 46.4 Å². The zero-order chi connectivity index (χ0) is 19.2. The maximum absolute atomic E-state index is 12.0. The fourth-order valence-corrected chi connectivity index (χ4v) is 3.08. The summed E-state index contributed by atoms with van der Waals surface area (Å²) in [7, 11) is 0. The number of nitrogens with zero attached hydrogens (tertiary/aromatic N) is 4. The van der Waals surface area contributed by atoms with Crippen molar-refractivity contribution in [1.29, 1.82) is 5.26 Å². The Balaban J connectivity index is 1.69. The molecule has 1 aromatic heterocycles. The van der Waals surface area contributed by atoms with Crippen LogP contribution in [0.5, 0.6) is 0 Å². The van der Waals surface area contributed by atoms with Gasteiger partial charge < -0.3 is 14.2 Å². The van der Waals surface area contributed by atoms with Crippen LogP contribution in [0.3, 0.4) is 0 Å². The molecule has 2 aromatic rings. The number of benzene rings is 1. The number of halogens is 1. The number of carbonyl (C=O) groups excluding carboxylic acids is 1. The molecule has 1 fully saturated rings. The van der Waals surface area contributed by atoms with E-state index in [9.17, 15) is 10.1 Å². The largest absolute Gasteiger partial charge is 0.420 e. The highest BCUT2D eigenvalue weighted by molar-refractivity contribution is 6.30. The molecule has 6 nitrogen and oxygen atoms in total. The van der Waals surface area contributed by atoms with Gasteiger partial charge in [-0.2, -0.15) is 10.2 Å². The number of rotatable bonds is 5. The molecule has 0 unspecified atom stereocenters. The third kappa shape index (κ3) is 4.69. The number of aromatic nitrogens is 1. The van der Waals surface area contributed by atoms with Gasteiger partial charge in [0.15, 0.2) is 0 Å². The molecule has 140 valence electrons. The second-order valence-electron chi connectivity index (χ2n) is 6.32. The summed E-state index contributed by atoms with van der Waals surface area (Å²) in [5.41, 5.74) is 1.22. The van der Waals surface area contributed by atoms with Gasteiger partial charge in [0, 0.05) is 43.7 Å². The predicted octanol–water partition coefficient (Wildman–Crippen LogP) is 3.82. The van der Waals surface area contributed by atoms with Crippen LogP contribution in [0.4, 0.5) is 5.88 Å². The Morgan fingerprint density at radius 3 is 2.59 bits per heavy atom. The van der Waals surface area contributed by atoms with Crippen LogP contribution in [-0.4, -0.2) is 42.0 Å². The van der Waals surface area contributed by atoms with E-state index in [-0.39, 0.29) is 11.6 Å². The highest BCUT2D eigenvalue weighted by Crippen LogP contribution is 2.24. The summed E-state index contributed by atoms with van der Waals surface area (Å²) in [5, 5.41) is 10.1. The Kier molecular flexibility index (Phi) is 6.15. The lowest BCUT2D eigenvalue weighted by atomic mass is 10.2. The topological polar surface area (TPSA) is 73.4 Å². The average Bonchev–Trinajstić information content (AvgIpc) is 3.11. The molecule has 1 amide bonds. The van der Waals surface area contributed by atoms with Crippen LogP contribution >= 0.6 is 11.6 Å². The van der Waals surface area contributed by atoms with Crippen molar-refractivity contribution in [2.75, 3.05) is 31.1 Å². The van der Waals surface area contributed by atoms with Gasteiger partial charge in [-0.15, -0.1) is 0 Å². The summed E-state index contributed by atoms with van der Waals surface area (Å²) >= 11 is 5.88. The molecule has 0 N–H and O–H groups in total. The van der Waals surface area contributed by atoms with Crippen molar-refractivity contribution in [3.63, 3.8) is 0 Å². The summed E-state index contributed by atoms with van der Waals surface area (Å²) in [6.07, 6.45) is 5.01. The Labute approximate surface area is 163 Å². The zero-order valence-corrected chi connectivity index (χ0v) is 15.9. The van der Waals surface area contributed by atoms with Crippen LogP contribution in [0.25, 0.3) is 12.2 Å². The molecule has 1 aliphatic heterocycles. The van der Waals surface area contributed by atoms with E-state index in [1.807, 2.05) is 47.1 Å². The summed E-state index contributed by atoms with van der Waals surface area (Å²) in [6.45, 7) is 4.50. The van der Waals surface area contributed by atoms with Crippen LogP contribution in [0.2, 0.25) is 5.02 Å². The first-order valence-electron chi connectivity index (χ1n) is 8.98. The number of carbonyl (C=O) groups is 1. The normalized spacial score (nSPS) is 14.6. The number of oxazole rings is 1. The van der Waals surface area contributed by atoms with Crippen molar-refractivity contribution in [1.82, 2.24) is 9.88 Å². The van der Waals surface area contributed by atoms with Gasteiger partial charge >= 0.3 is 0 Å². The van der Waals surface area contributed by atoms with E-state index in [0.717, 1.165) is 12.0 Å². The Morgan fingerprint density at radius 2 is 1.96 bits per heavy atom. The van der Waals surface area contributed by atoms with E-state index in [1.54, 1.807) is 6.08 Å². The van der Waals surface area contributed by atoms with Crippen molar-refractivity contribution < 1.29 is 9.21 Å². The van der Waals surface area contributed by atoms with Crippen molar-refractivity contribution in [3.8, 4) is 6.07 Å². The van der Waals surface area contributed by atoms with Gasteiger partial charge in [0.2, 0.25) is 23.4 Å². The quantitative estimate of drug-likeness (QED) is 0.783. The monoisotopic (exact) mass is 384 g/mol. The molecule has 3 rings (SSSR count). The van der Waals surface area contributed by atoms with Crippen LogP contribution in [0.1, 0.15) is 36.9 Å². The third-order valence-electron chi connectivity index (χ3n) is 4.40. The van der Waals surface area contributed by atoms with Gasteiger partial charge in [-0.3, -0.25) is 4.79 Å². The molecule has 0 saturated carbocycles. The van der Waals surface area contributed by atoms with Crippen LogP contribution < -0.4 is 4.90 Å². The Bertz CT molecular complexity index is 859. The molecule has 27 heavy (non-hydrogen) atoms. The van der Waals surface area contributed by atoms with Crippen molar-refractivity contribution in [2.24, 2.45) is 0 Å². The molecule has 0 bridgehead atoms. The smallest absolute Gasteiger partial charge is 0.235 e. The summed E-state index contributed by atoms with van der Waals surface area (Å²) in [5.74, 6) is 1.03. The Hall–Kier alpha value is -2.78. The molecular weight excluding hydrogens is 364 g/mol. The summed E-state index contributed by atoms with van der Waals surface area (Å²) in [4.78, 5) is 20.1. The lowest BCUT2D eigenvalue weighted by Crippen LogP contribution is -2.48. The number of anilines is 1. The lowest BCUT2D eigenvalue weighted by Gasteiger charge is -2.34. The van der Waals surface area contributed by atoms with Gasteiger partial charge in [0.1, 0.15) is 6.07 Å². The predicted molar refractivity (Wildman–Crippen MR) is 105 cm³/mol. The highest BCUT2D eigenvalue weighted by atomic mass is 35.5. The standard InChI is InChI=1S/C20H21ClN4O2/c1-2-3-19(26)24-10-12-25(13-11-24)20-17(14-22)23-18(27-20)9-6-15-4-7-16(21)8-5-15/h4-9H,2-3,10-13H2,1H3. The van der Waals surface area contributed by atoms with Gasteiger partial charge in [-0.05, 0) is 30.2 Å². The van der Waals surface area contributed by atoms with Crippen molar-refractivity contribution >= 4 is 35.5 Å². The molecule has 1 aromatic carbocycles. The van der Waals surface area contributed by atoms with Gasteiger partial charge in [0.05, 0.1) is 0 Å². The van der Waals surface area contributed by atoms with E-state index in [2.05, 4.69) is 11.1 Å². The van der Waals surface area contributed by atoms with Crippen molar-refractivity contribution in [2.45, 2.75) is 19.8 Å². The minimum atomic E-state index is 0.182. The number of hydrogen-bond donors (Lipinski definition) is 0. The van der Waals surface area contributed by atoms with Crippen LogP contribution in [0.15, 0.2) is 28.7 Å². The lowest BCUT2D eigenvalue weighted by molar-refractivity contribution is -0.131. The molecule has 0 aliphatic carbocycles. The van der Waals surface area contributed by atoms with Gasteiger partial charge in [0.25, 0.3) is 0 Å². The van der Waals surface area contributed by atoms with Gasteiger partial charge in [-0.1, -0.05) is 30.7 Å². The van der Waals surface area contributed by atoms with E-state index >= 15 is 0 Å². The first-order valence-corrected chi connectivity index (χ1v) is 9.35. The molecule has 7 heteroatoms. The highest BCUT2D eigenvalue weighted by Gasteiger charge is 2.25. The fraction of sp³-hybridized carbons (Fsp3) is 0.350. The average molecular weight is 385 g/mol. The second kappa shape index (κ2) is 8.74. The number of amides is 1. The summed E-state index contributed by atoms with van der Waals surface area (Å²) < 4.78 is 5.81. The first kappa shape index (κ1) is 19.0. The van der Waals surface area contributed by atoms with Crippen LogP contribution in [-0.2, 0) is 4.79 Å². The van der Waals surface area contributed by atoms with E-state index in [4.69, 9.17) is 16.0 Å². The van der Waals surface area contributed by atoms with Crippen LogP contribution in [0, 0.1) is 11.3 Å². The SMILES string of the molecule is CCCC(=O)N1CCN(c2oc(C=Cc3ccc(Cl)cc3)nc2C#N)CC1.